The Morgan fingerprint density at radius 1 is 0.559 bits per heavy atom. The Hall–Kier alpha value is -3.32. The molecule has 0 aliphatic carbocycles. The Morgan fingerprint density at radius 2 is 1.12 bits per heavy atom. The second kappa shape index (κ2) is 7.87. The summed E-state index contributed by atoms with van der Waals surface area (Å²) in [6.45, 7) is 16.1. The van der Waals surface area contributed by atoms with Gasteiger partial charge in [-0.1, -0.05) is 102 Å². The zero-order valence-corrected chi connectivity index (χ0v) is 21.5. The van der Waals surface area contributed by atoms with Gasteiger partial charge < -0.3 is 4.57 Å². The van der Waals surface area contributed by atoms with E-state index >= 15 is 0 Å². The van der Waals surface area contributed by atoms with E-state index in [-0.39, 0.29) is 10.8 Å². The van der Waals surface area contributed by atoms with Crippen LogP contribution in [-0.2, 0) is 10.8 Å². The van der Waals surface area contributed by atoms with Crippen LogP contribution in [-0.4, -0.2) is 4.57 Å². The summed E-state index contributed by atoms with van der Waals surface area (Å²) in [6.07, 6.45) is 0. The highest BCUT2D eigenvalue weighted by Gasteiger charge is 2.23. The maximum absolute atomic E-state index is 2.42. The van der Waals surface area contributed by atoms with E-state index in [4.69, 9.17) is 0 Å². The van der Waals surface area contributed by atoms with E-state index in [0.717, 1.165) is 0 Å². The fourth-order valence-corrected chi connectivity index (χ4v) is 5.03. The molecule has 0 spiro atoms. The number of para-hydroxylation sites is 1. The summed E-state index contributed by atoms with van der Waals surface area (Å²) in [5, 5.41) is 2.68. The van der Waals surface area contributed by atoms with Crippen molar-refractivity contribution in [3.8, 4) is 16.8 Å². The zero-order valence-electron chi connectivity index (χ0n) is 21.5. The van der Waals surface area contributed by atoms with Crippen LogP contribution in [0.15, 0.2) is 84.9 Å². The molecule has 0 saturated carbocycles. The van der Waals surface area contributed by atoms with Gasteiger partial charge in [0, 0.05) is 16.5 Å². The molecule has 0 saturated heterocycles. The lowest BCUT2D eigenvalue weighted by Crippen LogP contribution is -2.16. The average molecular weight is 446 g/mol. The summed E-state index contributed by atoms with van der Waals surface area (Å²) in [5.74, 6) is 0. The fourth-order valence-electron chi connectivity index (χ4n) is 5.03. The Bertz CT molecular complexity index is 1470. The van der Waals surface area contributed by atoms with E-state index in [1.807, 2.05) is 0 Å². The van der Waals surface area contributed by atoms with Gasteiger partial charge in [-0.3, -0.25) is 0 Å². The minimum Gasteiger partial charge on any atom is -0.309 e. The SMILES string of the molecule is Cc1cccc2c1c1c(-c3cc(C(C)(C)C)cc(C(C)(C)C)c3)cccc1n2-c1ccccc1. The third-order valence-electron chi connectivity index (χ3n) is 7.02. The zero-order chi connectivity index (χ0) is 24.3. The molecule has 172 valence electrons. The summed E-state index contributed by atoms with van der Waals surface area (Å²) >= 11 is 0. The molecule has 0 atom stereocenters. The Morgan fingerprint density at radius 3 is 1.71 bits per heavy atom. The highest BCUT2D eigenvalue weighted by molar-refractivity contribution is 6.17. The van der Waals surface area contributed by atoms with Crippen LogP contribution in [0.5, 0.6) is 0 Å². The Balaban J connectivity index is 1.92. The van der Waals surface area contributed by atoms with E-state index in [0.29, 0.717) is 0 Å². The van der Waals surface area contributed by atoms with Gasteiger partial charge in [-0.15, -0.1) is 0 Å². The molecule has 0 aliphatic heterocycles. The van der Waals surface area contributed by atoms with Crippen molar-refractivity contribution in [2.45, 2.75) is 59.3 Å². The molecule has 1 heteroatoms. The van der Waals surface area contributed by atoms with Crippen molar-refractivity contribution in [2.24, 2.45) is 0 Å². The molecule has 1 nitrogen and oxygen atoms in total. The van der Waals surface area contributed by atoms with Gasteiger partial charge in [0.05, 0.1) is 11.0 Å². The number of hydrogen-bond donors (Lipinski definition) is 0. The molecular formula is C33H35N. The lowest BCUT2D eigenvalue weighted by molar-refractivity contribution is 0.569. The average Bonchev–Trinajstić information content (AvgIpc) is 3.14. The highest BCUT2D eigenvalue weighted by atomic mass is 15.0. The van der Waals surface area contributed by atoms with E-state index in [1.54, 1.807) is 0 Å². The maximum atomic E-state index is 2.42. The monoisotopic (exact) mass is 445 g/mol. The molecule has 0 unspecified atom stereocenters. The van der Waals surface area contributed by atoms with Gasteiger partial charge in [0.15, 0.2) is 0 Å². The van der Waals surface area contributed by atoms with Crippen LogP contribution < -0.4 is 0 Å². The molecule has 0 aliphatic rings. The van der Waals surface area contributed by atoms with Gasteiger partial charge in [0.2, 0.25) is 0 Å². The van der Waals surface area contributed by atoms with Gasteiger partial charge in [-0.2, -0.15) is 0 Å². The van der Waals surface area contributed by atoms with E-state index < -0.39 is 0 Å². The van der Waals surface area contributed by atoms with E-state index in [2.05, 4.69) is 138 Å². The number of benzene rings is 4. The first-order valence-electron chi connectivity index (χ1n) is 12.3. The number of hydrogen-bond acceptors (Lipinski definition) is 0. The fraction of sp³-hybridized carbons (Fsp3) is 0.273. The van der Waals surface area contributed by atoms with Crippen molar-refractivity contribution in [3.05, 3.63) is 102 Å². The second-order valence-electron chi connectivity index (χ2n) is 11.6. The first-order chi connectivity index (χ1) is 16.1. The van der Waals surface area contributed by atoms with Crippen LogP contribution >= 0.6 is 0 Å². The molecular weight excluding hydrogens is 410 g/mol. The van der Waals surface area contributed by atoms with Gasteiger partial charge in [0.25, 0.3) is 0 Å². The summed E-state index contributed by atoms with van der Waals surface area (Å²) in [5.41, 5.74) is 10.6. The van der Waals surface area contributed by atoms with Gasteiger partial charge >= 0.3 is 0 Å². The van der Waals surface area contributed by atoms with Crippen LogP contribution in [0.25, 0.3) is 38.6 Å². The van der Waals surface area contributed by atoms with Crippen molar-refractivity contribution in [1.29, 1.82) is 0 Å². The Labute approximate surface area is 204 Å². The largest absolute Gasteiger partial charge is 0.309 e. The van der Waals surface area contributed by atoms with Crippen LogP contribution in [0.2, 0.25) is 0 Å². The van der Waals surface area contributed by atoms with Gasteiger partial charge in [-0.25, -0.2) is 0 Å². The lowest BCUT2D eigenvalue weighted by Gasteiger charge is -2.26. The molecule has 4 aromatic carbocycles. The predicted molar refractivity (Wildman–Crippen MR) is 148 cm³/mol. The van der Waals surface area contributed by atoms with Crippen LogP contribution in [0, 0.1) is 6.92 Å². The third kappa shape index (κ3) is 3.74. The van der Waals surface area contributed by atoms with Crippen LogP contribution in [0.4, 0.5) is 0 Å². The van der Waals surface area contributed by atoms with Crippen LogP contribution in [0.3, 0.4) is 0 Å². The predicted octanol–water partition coefficient (Wildman–Crippen LogP) is 9.35. The number of aryl methyl sites for hydroxylation is 1. The van der Waals surface area contributed by atoms with Crippen molar-refractivity contribution < 1.29 is 0 Å². The van der Waals surface area contributed by atoms with Crippen molar-refractivity contribution in [3.63, 3.8) is 0 Å². The number of aromatic nitrogens is 1. The first kappa shape index (κ1) is 22.5. The maximum Gasteiger partial charge on any atom is 0.0547 e. The summed E-state index contributed by atoms with van der Waals surface area (Å²) in [6, 6.07) is 31.4. The number of rotatable bonds is 2. The Kier molecular flexibility index (Phi) is 5.20. The molecule has 0 fully saturated rings. The summed E-state index contributed by atoms with van der Waals surface area (Å²) < 4.78 is 2.42. The van der Waals surface area contributed by atoms with Gasteiger partial charge in [0.1, 0.15) is 0 Å². The summed E-state index contributed by atoms with van der Waals surface area (Å²) in [4.78, 5) is 0. The quantitative estimate of drug-likeness (QED) is 0.255. The number of fused-ring (bicyclic) bond motifs is 3. The normalized spacial score (nSPS) is 12.6. The molecule has 0 amide bonds. The molecule has 1 aromatic heterocycles. The molecule has 1 heterocycles. The lowest BCUT2D eigenvalue weighted by atomic mass is 9.78. The molecule has 0 radical (unpaired) electrons. The standard InChI is InChI=1S/C33H35N/c1-22-13-11-17-28-30(22)31-27(16-12-18-29(31)34(28)26-14-9-8-10-15-26)23-19-24(32(2,3)4)21-25(20-23)33(5,6)7/h8-21H,1-7H3. The van der Waals surface area contributed by atoms with Crippen LogP contribution in [0.1, 0.15) is 58.2 Å². The minimum absolute atomic E-state index is 0.0812. The van der Waals surface area contributed by atoms with Gasteiger partial charge in [-0.05, 0) is 69.8 Å². The number of nitrogens with zero attached hydrogens (tertiary/aromatic N) is 1. The molecule has 5 aromatic rings. The topological polar surface area (TPSA) is 4.93 Å². The van der Waals surface area contributed by atoms with E-state index in [9.17, 15) is 0 Å². The smallest absolute Gasteiger partial charge is 0.0547 e. The van der Waals surface area contributed by atoms with E-state index in [1.165, 1.54) is 55.3 Å². The molecule has 5 rings (SSSR count). The van der Waals surface area contributed by atoms with Crippen molar-refractivity contribution >= 4 is 21.8 Å². The molecule has 0 N–H and O–H groups in total. The third-order valence-corrected chi connectivity index (χ3v) is 7.02. The minimum atomic E-state index is 0.0812. The first-order valence-corrected chi connectivity index (χ1v) is 12.3. The molecule has 34 heavy (non-hydrogen) atoms. The highest BCUT2D eigenvalue weighted by Crippen LogP contribution is 2.42. The molecule has 0 bridgehead atoms. The van der Waals surface area contributed by atoms with Crippen molar-refractivity contribution in [1.82, 2.24) is 4.57 Å². The second-order valence-corrected chi connectivity index (χ2v) is 11.6. The summed E-state index contributed by atoms with van der Waals surface area (Å²) in [7, 11) is 0. The van der Waals surface area contributed by atoms with Crippen molar-refractivity contribution in [2.75, 3.05) is 0 Å².